The first-order valence-corrected chi connectivity index (χ1v) is 8.74. The van der Waals surface area contributed by atoms with Crippen molar-refractivity contribution >= 4 is 21.8 Å². The second kappa shape index (κ2) is 7.18. The second-order valence-electron chi connectivity index (χ2n) is 5.82. The quantitative estimate of drug-likeness (QED) is 0.788. The smallest absolute Gasteiger partial charge is 0.263 e. The summed E-state index contributed by atoms with van der Waals surface area (Å²) in [6.07, 6.45) is 1.76. The molecular formula is C19H20BrNO2. The molecule has 0 aromatic heterocycles. The summed E-state index contributed by atoms with van der Waals surface area (Å²) in [5, 5.41) is 0. The van der Waals surface area contributed by atoms with Crippen LogP contribution in [0.4, 0.5) is 0 Å². The van der Waals surface area contributed by atoms with Crippen molar-refractivity contribution in [3.63, 3.8) is 0 Å². The van der Waals surface area contributed by atoms with Gasteiger partial charge in [-0.15, -0.1) is 0 Å². The number of rotatable bonds is 4. The zero-order valence-electron chi connectivity index (χ0n) is 13.2. The van der Waals surface area contributed by atoms with E-state index in [0.29, 0.717) is 0 Å². The summed E-state index contributed by atoms with van der Waals surface area (Å²) in [6, 6.07) is 16.1. The average Bonchev–Trinajstić information content (AvgIpc) is 3.10. The van der Waals surface area contributed by atoms with Crippen LogP contribution in [0.15, 0.2) is 53.0 Å². The number of amides is 1. The van der Waals surface area contributed by atoms with Crippen molar-refractivity contribution in [2.75, 3.05) is 13.1 Å². The van der Waals surface area contributed by atoms with Crippen LogP contribution < -0.4 is 4.74 Å². The fraction of sp³-hybridized carbons (Fsp3) is 0.316. The van der Waals surface area contributed by atoms with E-state index in [9.17, 15) is 4.79 Å². The summed E-state index contributed by atoms with van der Waals surface area (Å²) in [6.45, 7) is 3.54. The molecular weight excluding hydrogens is 354 g/mol. The molecule has 0 N–H and O–H groups in total. The maximum Gasteiger partial charge on any atom is 0.263 e. The Labute approximate surface area is 145 Å². The van der Waals surface area contributed by atoms with Gasteiger partial charge in [-0.2, -0.15) is 0 Å². The third-order valence-corrected chi connectivity index (χ3v) is 4.64. The standard InChI is InChI=1S/C19H20BrNO2/c1-14(19(22)21-12-2-3-13-21)23-18-10-6-16(7-11-18)15-4-8-17(20)9-5-15/h4-11,14H,2-3,12-13H2,1H3/t14-/m1/s1. The number of halogens is 1. The maximum absolute atomic E-state index is 12.3. The van der Waals surface area contributed by atoms with Gasteiger partial charge in [-0.25, -0.2) is 0 Å². The zero-order valence-corrected chi connectivity index (χ0v) is 14.8. The number of carbonyl (C=O) groups excluding carboxylic acids is 1. The van der Waals surface area contributed by atoms with E-state index >= 15 is 0 Å². The number of carbonyl (C=O) groups is 1. The molecule has 1 atom stereocenters. The lowest BCUT2D eigenvalue weighted by Gasteiger charge is -2.21. The number of hydrogen-bond acceptors (Lipinski definition) is 2. The lowest BCUT2D eigenvalue weighted by Crippen LogP contribution is -2.38. The van der Waals surface area contributed by atoms with Crippen LogP contribution in [0.5, 0.6) is 5.75 Å². The molecule has 1 aliphatic rings. The molecule has 1 fully saturated rings. The van der Waals surface area contributed by atoms with Gasteiger partial charge in [0, 0.05) is 17.6 Å². The molecule has 1 amide bonds. The summed E-state index contributed by atoms with van der Waals surface area (Å²) in [5.74, 6) is 0.811. The van der Waals surface area contributed by atoms with Gasteiger partial charge in [0.25, 0.3) is 5.91 Å². The van der Waals surface area contributed by atoms with Crippen molar-refractivity contribution in [2.24, 2.45) is 0 Å². The van der Waals surface area contributed by atoms with Crippen molar-refractivity contribution in [1.29, 1.82) is 0 Å². The molecule has 4 heteroatoms. The average molecular weight is 374 g/mol. The van der Waals surface area contributed by atoms with Crippen molar-refractivity contribution in [3.8, 4) is 16.9 Å². The SMILES string of the molecule is C[C@@H](Oc1ccc(-c2ccc(Br)cc2)cc1)C(=O)N1CCCC1. The van der Waals surface area contributed by atoms with Gasteiger partial charge in [0.05, 0.1) is 0 Å². The molecule has 0 radical (unpaired) electrons. The number of nitrogens with zero attached hydrogens (tertiary/aromatic N) is 1. The first-order chi connectivity index (χ1) is 11.1. The van der Waals surface area contributed by atoms with Gasteiger partial charge in [0.15, 0.2) is 6.10 Å². The van der Waals surface area contributed by atoms with Gasteiger partial charge in [0.2, 0.25) is 0 Å². The highest BCUT2D eigenvalue weighted by atomic mass is 79.9. The van der Waals surface area contributed by atoms with Crippen LogP contribution in [-0.2, 0) is 4.79 Å². The van der Waals surface area contributed by atoms with Crippen molar-refractivity contribution in [1.82, 2.24) is 4.90 Å². The van der Waals surface area contributed by atoms with E-state index in [0.717, 1.165) is 47.3 Å². The Morgan fingerprint density at radius 1 is 1.00 bits per heavy atom. The molecule has 23 heavy (non-hydrogen) atoms. The Morgan fingerprint density at radius 3 is 2.09 bits per heavy atom. The van der Waals surface area contributed by atoms with E-state index in [1.54, 1.807) is 0 Å². The largest absolute Gasteiger partial charge is 0.481 e. The Morgan fingerprint density at radius 2 is 1.52 bits per heavy atom. The number of likely N-dealkylation sites (tertiary alicyclic amines) is 1. The minimum Gasteiger partial charge on any atom is -0.481 e. The predicted octanol–water partition coefficient (Wildman–Crippen LogP) is 4.51. The van der Waals surface area contributed by atoms with Crippen LogP contribution in [0.2, 0.25) is 0 Å². The first-order valence-electron chi connectivity index (χ1n) is 7.95. The molecule has 1 saturated heterocycles. The van der Waals surface area contributed by atoms with E-state index in [2.05, 4.69) is 28.1 Å². The normalized spacial score (nSPS) is 15.5. The van der Waals surface area contributed by atoms with Crippen molar-refractivity contribution < 1.29 is 9.53 Å². The van der Waals surface area contributed by atoms with Crippen molar-refractivity contribution in [2.45, 2.75) is 25.9 Å². The molecule has 2 aromatic carbocycles. The molecule has 0 bridgehead atoms. The fourth-order valence-corrected chi connectivity index (χ4v) is 3.08. The van der Waals surface area contributed by atoms with Gasteiger partial charge in [-0.05, 0) is 55.2 Å². The summed E-state index contributed by atoms with van der Waals surface area (Å²) in [7, 11) is 0. The lowest BCUT2D eigenvalue weighted by atomic mass is 10.1. The summed E-state index contributed by atoms with van der Waals surface area (Å²) >= 11 is 3.44. The molecule has 3 rings (SSSR count). The highest BCUT2D eigenvalue weighted by molar-refractivity contribution is 9.10. The maximum atomic E-state index is 12.3. The minimum absolute atomic E-state index is 0.0829. The lowest BCUT2D eigenvalue weighted by molar-refractivity contribution is -0.136. The van der Waals surface area contributed by atoms with Crippen LogP contribution in [0.3, 0.4) is 0 Å². The van der Waals surface area contributed by atoms with E-state index in [1.165, 1.54) is 0 Å². The van der Waals surface area contributed by atoms with E-state index in [1.807, 2.05) is 48.2 Å². The van der Waals surface area contributed by atoms with Crippen LogP contribution in [-0.4, -0.2) is 30.0 Å². The monoisotopic (exact) mass is 373 g/mol. The molecule has 0 saturated carbocycles. The molecule has 1 heterocycles. The minimum atomic E-state index is -0.438. The van der Waals surface area contributed by atoms with Crippen molar-refractivity contribution in [3.05, 3.63) is 53.0 Å². The third-order valence-electron chi connectivity index (χ3n) is 4.11. The summed E-state index contributed by atoms with van der Waals surface area (Å²) in [4.78, 5) is 14.2. The second-order valence-corrected chi connectivity index (χ2v) is 6.74. The molecule has 1 aliphatic heterocycles. The molecule has 0 spiro atoms. The summed E-state index contributed by atoms with van der Waals surface area (Å²) < 4.78 is 6.87. The number of benzene rings is 2. The highest BCUT2D eigenvalue weighted by Crippen LogP contribution is 2.24. The first kappa shape index (κ1) is 16.1. The molecule has 2 aromatic rings. The molecule has 0 aliphatic carbocycles. The van der Waals surface area contributed by atoms with Crippen LogP contribution in [0.1, 0.15) is 19.8 Å². The Balaban J connectivity index is 1.65. The highest BCUT2D eigenvalue weighted by Gasteiger charge is 2.24. The van der Waals surface area contributed by atoms with Crippen LogP contribution >= 0.6 is 15.9 Å². The van der Waals surface area contributed by atoms with E-state index < -0.39 is 6.10 Å². The van der Waals surface area contributed by atoms with Gasteiger partial charge < -0.3 is 9.64 Å². The molecule has 120 valence electrons. The van der Waals surface area contributed by atoms with E-state index in [-0.39, 0.29) is 5.91 Å². The van der Waals surface area contributed by atoms with E-state index in [4.69, 9.17) is 4.74 Å². The summed E-state index contributed by atoms with van der Waals surface area (Å²) in [5.41, 5.74) is 2.28. The predicted molar refractivity (Wildman–Crippen MR) is 95.5 cm³/mol. The van der Waals surface area contributed by atoms with Gasteiger partial charge in [-0.1, -0.05) is 40.2 Å². The van der Waals surface area contributed by atoms with Crippen LogP contribution in [0.25, 0.3) is 11.1 Å². The van der Waals surface area contributed by atoms with Gasteiger partial charge >= 0.3 is 0 Å². The van der Waals surface area contributed by atoms with Gasteiger partial charge in [0.1, 0.15) is 5.75 Å². The fourth-order valence-electron chi connectivity index (χ4n) is 2.82. The Kier molecular flexibility index (Phi) is 5.01. The van der Waals surface area contributed by atoms with Gasteiger partial charge in [-0.3, -0.25) is 4.79 Å². The zero-order chi connectivity index (χ0) is 16.2. The molecule has 0 unspecified atom stereocenters. The Bertz CT molecular complexity index is 661. The third kappa shape index (κ3) is 3.94. The number of hydrogen-bond donors (Lipinski definition) is 0. The Hall–Kier alpha value is -1.81. The van der Waals surface area contributed by atoms with Crippen LogP contribution in [0, 0.1) is 0 Å². The topological polar surface area (TPSA) is 29.5 Å². The molecule has 3 nitrogen and oxygen atoms in total. The number of ether oxygens (including phenoxy) is 1.